The quantitative estimate of drug-likeness (QED) is 0.243. The van der Waals surface area contributed by atoms with Crippen molar-refractivity contribution >= 4 is 41.3 Å². The summed E-state index contributed by atoms with van der Waals surface area (Å²) in [4.78, 5) is 0. The van der Waals surface area contributed by atoms with Gasteiger partial charge in [0.1, 0.15) is 0 Å². The predicted octanol–water partition coefficient (Wildman–Crippen LogP) is -2.72. The molecule has 0 fully saturated rings. The molecule has 0 N–H and O–H groups in total. The maximum absolute atomic E-state index is 7.13. The van der Waals surface area contributed by atoms with Crippen LogP contribution in [0.3, 0.4) is 0 Å². The van der Waals surface area contributed by atoms with E-state index in [1.165, 1.54) is 5.16 Å². The number of nitrogens with zero attached hydrogens (tertiary/aromatic N) is 1. The molecule has 0 amide bonds. The average molecular weight is 212 g/mol. The second-order valence-electron chi connectivity index (χ2n) is 0.0913. The number of hydrogen-bond donors (Lipinski definition) is 0. The molecular weight excluding hydrogens is 212 g/mol. The standard InChI is InChI=1S/CNS.ClH.Sn/c2-1-3;;/h;1H;/q-1;;+2/p-1. The van der Waals surface area contributed by atoms with E-state index in [-0.39, 0.29) is 36.3 Å². The summed E-state index contributed by atoms with van der Waals surface area (Å²) in [6.07, 6.45) is 0. The van der Waals surface area contributed by atoms with Gasteiger partial charge in [-0.05, 0) is 0 Å². The summed E-state index contributed by atoms with van der Waals surface area (Å²) in [5, 5.41) is 8.47. The van der Waals surface area contributed by atoms with Crippen molar-refractivity contribution in [3.63, 3.8) is 0 Å². The van der Waals surface area contributed by atoms with Gasteiger partial charge in [-0.15, -0.1) is 0 Å². The maximum Gasteiger partial charge on any atom is 2.00 e. The Bertz CT molecular complexity index is 32.6. The summed E-state index contributed by atoms with van der Waals surface area (Å²) in [7, 11) is 0. The maximum atomic E-state index is 7.13. The molecule has 0 aromatic heterocycles. The Morgan fingerprint density at radius 3 is 1.60 bits per heavy atom. The van der Waals surface area contributed by atoms with Crippen LogP contribution in [0.5, 0.6) is 0 Å². The zero-order chi connectivity index (χ0) is 2.71. The molecule has 0 aromatic carbocycles. The van der Waals surface area contributed by atoms with Gasteiger partial charge >= 0.3 is 23.9 Å². The molecule has 26 valence electrons. The van der Waals surface area contributed by atoms with Gasteiger partial charge in [0, 0.05) is 0 Å². The first-order valence-electron chi connectivity index (χ1n) is 0.428. The van der Waals surface area contributed by atoms with Crippen molar-refractivity contribution in [2.75, 3.05) is 0 Å². The fraction of sp³-hybridized carbons (Fsp3) is 0. The van der Waals surface area contributed by atoms with E-state index >= 15 is 0 Å². The largest absolute Gasteiger partial charge is 2.00 e. The molecule has 0 heterocycles. The van der Waals surface area contributed by atoms with Crippen LogP contribution in [-0.4, -0.2) is 29.1 Å². The van der Waals surface area contributed by atoms with Crippen LogP contribution >= 0.6 is 12.2 Å². The molecule has 0 rings (SSSR count). The molecule has 0 aromatic rings. The molecule has 0 aliphatic carbocycles. The summed E-state index contributed by atoms with van der Waals surface area (Å²) in [5.74, 6) is 0. The number of hydrogen-bond acceptors (Lipinski definition) is 1. The molecule has 5 heavy (non-hydrogen) atoms. The van der Waals surface area contributed by atoms with E-state index in [9.17, 15) is 0 Å². The van der Waals surface area contributed by atoms with Gasteiger partial charge in [0.25, 0.3) is 0 Å². The van der Waals surface area contributed by atoms with E-state index in [0.29, 0.717) is 0 Å². The monoisotopic (exact) mass is 213 g/mol. The Labute approximate surface area is 59.0 Å². The Morgan fingerprint density at radius 1 is 1.60 bits per heavy atom. The van der Waals surface area contributed by atoms with Gasteiger partial charge < -0.3 is 17.8 Å². The van der Waals surface area contributed by atoms with Gasteiger partial charge in [-0.1, -0.05) is 12.2 Å². The van der Waals surface area contributed by atoms with E-state index in [1.807, 2.05) is 0 Å². The third-order valence-electron chi connectivity index (χ3n) is 0. The van der Waals surface area contributed by atoms with Crippen LogP contribution < -0.4 is 12.4 Å². The normalized spacial score (nSPS) is 1.60. The minimum absolute atomic E-state index is 0. The summed E-state index contributed by atoms with van der Waals surface area (Å²) in [6.45, 7) is 0. The molecule has 0 spiro atoms. The van der Waals surface area contributed by atoms with Gasteiger partial charge in [-0.2, -0.15) is 5.16 Å². The van der Waals surface area contributed by atoms with E-state index < -0.39 is 0 Å². The van der Waals surface area contributed by atoms with Crippen molar-refractivity contribution in [3.05, 3.63) is 5.41 Å². The Hall–Kier alpha value is 0.889. The molecule has 0 saturated carbocycles. The third kappa shape index (κ3) is 51.7. The summed E-state index contributed by atoms with van der Waals surface area (Å²) in [6, 6.07) is 0. The molecule has 0 unspecified atom stereocenters. The van der Waals surface area contributed by atoms with Crippen LogP contribution in [0.15, 0.2) is 0 Å². The van der Waals surface area contributed by atoms with Crippen molar-refractivity contribution in [2.24, 2.45) is 0 Å². The van der Waals surface area contributed by atoms with Crippen LogP contribution in [0.1, 0.15) is 0 Å². The van der Waals surface area contributed by atoms with Crippen molar-refractivity contribution < 1.29 is 12.4 Å². The first kappa shape index (κ1) is 16.9. The van der Waals surface area contributed by atoms with Crippen molar-refractivity contribution in [1.82, 2.24) is 0 Å². The smallest absolute Gasteiger partial charge is 1.00 e. The molecule has 0 aliphatic heterocycles. The number of isothiocyanates is 1. The first-order chi connectivity index (χ1) is 1.41. The Morgan fingerprint density at radius 2 is 1.60 bits per heavy atom. The minimum atomic E-state index is 0. The molecular formula is CClNSSn. The molecule has 0 bridgehead atoms. The summed E-state index contributed by atoms with van der Waals surface area (Å²) < 4.78 is 0. The zero-order valence-electron chi connectivity index (χ0n) is 2.23. The van der Waals surface area contributed by atoms with Crippen LogP contribution in [-0.2, 0) is 0 Å². The van der Waals surface area contributed by atoms with E-state index in [1.54, 1.807) is 0 Å². The zero-order valence-corrected chi connectivity index (χ0v) is 6.66. The predicted molar refractivity (Wildman–Crippen MR) is 21.7 cm³/mol. The van der Waals surface area contributed by atoms with Crippen molar-refractivity contribution in [1.29, 1.82) is 0 Å². The summed E-state index contributed by atoms with van der Waals surface area (Å²) in [5.41, 5.74) is 0. The Kier molecular flexibility index (Phi) is 69.9. The summed E-state index contributed by atoms with van der Waals surface area (Å²) >= 11 is 3.70. The van der Waals surface area contributed by atoms with Crippen LogP contribution in [0, 0.1) is 0 Å². The Balaban J connectivity index is -0.0000000200. The minimum Gasteiger partial charge on any atom is -1.00 e. The van der Waals surface area contributed by atoms with Gasteiger partial charge in [0.05, 0.1) is 0 Å². The number of halogens is 1. The van der Waals surface area contributed by atoms with Crippen LogP contribution in [0.4, 0.5) is 0 Å². The van der Waals surface area contributed by atoms with Crippen LogP contribution in [0.2, 0.25) is 0 Å². The fourth-order valence-corrected chi connectivity index (χ4v) is 0. The molecule has 0 aliphatic rings. The van der Waals surface area contributed by atoms with Gasteiger partial charge in [0.2, 0.25) is 0 Å². The topological polar surface area (TPSA) is 22.3 Å². The SMILES string of the molecule is [Cl-].[N-]=C=S.[Sn+2]. The number of thiocarbonyl (C=S) groups is 1. The second-order valence-corrected chi connectivity index (χ2v) is 0.274. The third-order valence-corrected chi connectivity index (χ3v) is 0. The number of rotatable bonds is 0. The van der Waals surface area contributed by atoms with Crippen molar-refractivity contribution in [3.8, 4) is 0 Å². The first-order valence-corrected chi connectivity index (χ1v) is 0.836. The van der Waals surface area contributed by atoms with Gasteiger partial charge in [0.15, 0.2) is 0 Å². The second kappa shape index (κ2) is 20.7. The van der Waals surface area contributed by atoms with Gasteiger partial charge in [-0.25, -0.2) is 0 Å². The molecule has 4 heteroatoms. The van der Waals surface area contributed by atoms with E-state index in [2.05, 4.69) is 12.2 Å². The molecule has 1 nitrogen and oxygen atoms in total. The molecule has 0 atom stereocenters. The van der Waals surface area contributed by atoms with Crippen LogP contribution in [0.25, 0.3) is 5.41 Å². The molecule has 2 radical (unpaired) electrons. The molecule has 0 saturated heterocycles. The fourth-order valence-electron chi connectivity index (χ4n) is 0. The van der Waals surface area contributed by atoms with E-state index in [0.717, 1.165) is 0 Å². The van der Waals surface area contributed by atoms with Crippen molar-refractivity contribution in [2.45, 2.75) is 0 Å². The van der Waals surface area contributed by atoms with Gasteiger partial charge in [-0.3, -0.25) is 0 Å². The van der Waals surface area contributed by atoms with E-state index in [4.69, 9.17) is 5.41 Å². The average Bonchev–Trinajstić information content (AvgIpc) is 0.918.